The third-order valence-corrected chi connectivity index (χ3v) is 4.92. The molecule has 1 aromatic heterocycles. The molecule has 2 amide bonds. The smallest absolute Gasteiger partial charge is 0.226 e. The number of hydrogen-bond acceptors (Lipinski definition) is 5. The van der Waals surface area contributed by atoms with Crippen LogP contribution in [-0.4, -0.2) is 46.8 Å². The van der Waals surface area contributed by atoms with Crippen molar-refractivity contribution < 1.29 is 19.4 Å². The monoisotopic (exact) mass is 409 g/mol. The molecule has 0 saturated carbocycles. The molecular formula is C23H27N3O4. The molecule has 0 spiro atoms. The van der Waals surface area contributed by atoms with Crippen LogP contribution in [0, 0.1) is 0 Å². The number of ether oxygens (including phenoxy) is 1. The van der Waals surface area contributed by atoms with Gasteiger partial charge >= 0.3 is 0 Å². The van der Waals surface area contributed by atoms with Crippen molar-refractivity contribution in [2.75, 3.05) is 6.61 Å². The number of aromatic nitrogens is 1. The van der Waals surface area contributed by atoms with Gasteiger partial charge in [0.05, 0.1) is 37.6 Å². The molecule has 0 aliphatic carbocycles. The van der Waals surface area contributed by atoms with Crippen LogP contribution in [-0.2, 0) is 20.7 Å². The first-order chi connectivity index (χ1) is 14.5. The SMILES string of the molecule is C[C@H](NC(=O)C[C@H]1C=C[C@@H](NC(=O)Cc2ccccn2)[C@H](CO)O1)c1ccccc1. The summed E-state index contributed by atoms with van der Waals surface area (Å²) in [5.74, 6) is -0.353. The lowest BCUT2D eigenvalue weighted by Gasteiger charge is -2.31. The Morgan fingerprint density at radius 1 is 1.10 bits per heavy atom. The van der Waals surface area contributed by atoms with Crippen molar-refractivity contribution in [1.82, 2.24) is 15.6 Å². The van der Waals surface area contributed by atoms with Gasteiger partial charge in [0.2, 0.25) is 11.8 Å². The van der Waals surface area contributed by atoms with E-state index in [2.05, 4.69) is 15.6 Å². The first-order valence-electron chi connectivity index (χ1n) is 10.0. The van der Waals surface area contributed by atoms with Crippen molar-refractivity contribution in [3.8, 4) is 0 Å². The summed E-state index contributed by atoms with van der Waals surface area (Å²) in [7, 11) is 0. The fourth-order valence-corrected chi connectivity index (χ4v) is 3.35. The zero-order valence-electron chi connectivity index (χ0n) is 16.9. The highest BCUT2D eigenvalue weighted by Gasteiger charge is 2.29. The largest absolute Gasteiger partial charge is 0.394 e. The number of benzene rings is 1. The average molecular weight is 409 g/mol. The van der Waals surface area contributed by atoms with Crippen molar-refractivity contribution in [1.29, 1.82) is 0 Å². The second kappa shape index (κ2) is 10.7. The van der Waals surface area contributed by atoms with Crippen LogP contribution in [0.3, 0.4) is 0 Å². The summed E-state index contributed by atoms with van der Waals surface area (Å²) in [6, 6.07) is 14.5. The van der Waals surface area contributed by atoms with Crippen molar-refractivity contribution in [3.63, 3.8) is 0 Å². The Morgan fingerprint density at radius 2 is 1.87 bits per heavy atom. The van der Waals surface area contributed by atoms with Crippen LogP contribution in [0.5, 0.6) is 0 Å². The lowest BCUT2D eigenvalue weighted by molar-refractivity contribution is -0.128. The number of nitrogens with zero attached hydrogens (tertiary/aromatic N) is 1. The predicted molar refractivity (Wildman–Crippen MR) is 112 cm³/mol. The van der Waals surface area contributed by atoms with Crippen LogP contribution < -0.4 is 10.6 Å². The molecule has 1 aliphatic heterocycles. The minimum absolute atomic E-state index is 0.112. The molecule has 7 heteroatoms. The zero-order chi connectivity index (χ0) is 21.3. The fourth-order valence-electron chi connectivity index (χ4n) is 3.35. The highest BCUT2D eigenvalue weighted by Crippen LogP contribution is 2.17. The second-order valence-corrected chi connectivity index (χ2v) is 7.28. The molecule has 1 aliphatic rings. The van der Waals surface area contributed by atoms with Gasteiger partial charge in [0, 0.05) is 11.9 Å². The first kappa shape index (κ1) is 21.7. The quantitative estimate of drug-likeness (QED) is 0.576. The second-order valence-electron chi connectivity index (χ2n) is 7.28. The summed E-state index contributed by atoms with van der Waals surface area (Å²) in [5.41, 5.74) is 1.69. The maximum absolute atomic E-state index is 12.4. The number of aliphatic hydroxyl groups is 1. The van der Waals surface area contributed by atoms with Gasteiger partial charge in [0.1, 0.15) is 6.10 Å². The van der Waals surface area contributed by atoms with Crippen LogP contribution in [0.4, 0.5) is 0 Å². The van der Waals surface area contributed by atoms with Crippen molar-refractivity contribution >= 4 is 11.8 Å². The van der Waals surface area contributed by atoms with E-state index in [9.17, 15) is 14.7 Å². The van der Waals surface area contributed by atoms with E-state index in [1.54, 1.807) is 30.5 Å². The molecule has 3 rings (SSSR count). The normalized spacial score (nSPS) is 21.6. The van der Waals surface area contributed by atoms with Gasteiger partial charge in [-0.3, -0.25) is 14.6 Å². The van der Waals surface area contributed by atoms with Gasteiger partial charge in [-0.1, -0.05) is 48.6 Å². The van der Waals surface area contributed by atoms with Gasteiger partial charge in [-0.15, -0.1) is 0 Å². The summed E-state index contributed by atoms with van der Waals surface area (Å²) in [4.78, 5) is 28.8. The lowest BCUT2D eigenvalue weighted by Crippen LogP contribution is -2.49. The molecule has 0 fully saturated rings. The fraction of sp³-hybridized carbons (Fsp3) is 0.348. The van der Waals surface area contributed by atoms with Gasteiger partial charge < -0.3 is 20.5 Å². The zero-order valence-corrected chi connectivity index (χ0v) is 16.9. The minimum atomic E-state index is -0.618. The van der Waals surface area contributed by atoms with Crippen LogP contribution in [0.25, 0.3) is 0 Å². The molecule has 3 N–H and O–H groups in total. The van der Waals surface area contributed by atoms with E-state index in [-0.39, 0.29) is 37.3 Å². The van der Waals surface area contributed by atoms with Gasteiger partial charge in [-0.25, -0.2) is 0 Å². The molecule has 7 nitrogen and oxygen atoms in total. The van der Waals surface area contributed by atoms with E-state index in [4.69, 9.17) is 4.74 Å². The number of aliphatic hydroxyl groups excluding tert-OH is 1. The number of carbonyl (C=O) groups excluding carboxylic acids is 2. The lowest BCUT2D eigenvalue weighted by atomic mass is 10.0. The number of nitrogens with one attached hydrogen (secondary N) is 2. The molecule has 4 atom stereocenters. The van der Waals surface area contributed by atoms with Crippen LogP contribution >= 0.6 is 0 Å². The van der Waals surface area contributed by atoms with Gasteiger partial charge in [0.15, 0.2) is 0 Å². The van der Waals surface area contributed by atoms with E-state index >= 15 is 0 Å². The Kier molecular flexibility index (Phi) is 7.70. The summed E-state index contributed by atoms with van der Waals surface area (Å²) in [6.45, 7) is 1.66. The summed E-state index contributed by atoms with van der Waals surface area (Å²) in [5, 5.41) is 15.5. The van der Waals surface area contributed by atoms with E-state index in [1.165, 1.54) is 0 Å². The number of pyridine rings is 1. The molecule has 0 saturated heterocycles. The number of carbonyl (C=O) groups is 2. The molecule has 0 radical (unpaired) electrons. The topological polar surface area (TPSA) is 101 Å². The summed E-state index contributed by atoms with van der Waals surface area (Å²) < 4.78 is 5.83. The number of hydrogen-bond donors (Lipinski definition) is 3. The molecule has 0 bridgehead atoms. The Bertz CT molecular complexity index is 857. The van der Waals surface area contributed by atoms with Crippen molar-refractivity contribution in [2.45, 2.75) is 44.1 Å². The first-order valence-corrected chi connectivity index (χ1v) is 10.0. The van der Waals surface area contributed by atoms with Gasteiger partial charge in [0.25, 0.3) is 0 Å². The third kappa shape index (κ3) is 6.23. The highest BCUT2D eigenvalue weighted by atomic mass is 16.5. The molecule has 0 unspecified atom stereocenters. The van der Waals surface area contributed by atoms with Gasteiger partial charge in [-0.2, -0.15) is 0 Å². The molecular weight excluding hydrogens is 382 g/mol. The number of amides is 2. The minimum Gasteiger partial charge on any atom is -0.394 e. The molecule has 30 heavy (non-hydrogen) atoms. The van der Waals surface area contributed by atoms with E-state index in [1.807, 2.05) is 43.3 Å². The third-order valence-electron chi connectivity index (χ3n) is 4.92. The molecule has 2 heterocycles. The van der Waals surface area contributed by atoms with E-state index in [0.717, 1.165) is 5.56 Å². The van der Waals surface area contributed by atoms with E-state index in [0.29, 0.717) is 5.69 Å². The Hall–Kier alpha value is -3.03. The van der Waals surface area contributed by atoms with Gasteiger partial charge in [-0.05, 0) is 24.6 Å². The van der Waals surface area contributed by atoms with Crippen molar-refractivity contribution in [3.05, 3.63) is 78.1 Å². The molecule has 1 aromatic carbocycles. The maximum atomic E-state index is 12.4. The van der Waals surface area contributed by atoms with Crippen LogP contribution in [0.15, 0.2) is 66.9 Å². The Labute approximate surface area is 176 Å². The standard InChI is InChI=1S/C23H27N3O4/c1-16(17-7-3-2-4-8-17)25-23(29)14-19-10-11-20(21(15-27)30-19)26-22(28)13-18-9-5-6-12-24-18/h2-12,16,19-21,27H,13-15H2,1H3,(H,25,29)(H,26,28)/t16-,19+,20+,21-/m0/s1. The van der Waals surface area contributed by atoms with Crippen molar-refractivity contribution in [2.24, 2.45) is 0 Å². The maximum Gasteiger partial charge on any atom is 0.226 e. The average Bonchev–Trinajstić information content (AvgIpc) is 2.76. The predicted octanol–water partition coefficient (Wildman–Crippen LogP) is 1.69. The van der Waals surface area contributed by atoms with Crippen LogP contribution in [0.1, 0.15) is 30.6 Å². The Morgan fingerprint density at radius 3 is 2.57 bits per heavy atom. The Balaban J connectivity index is 1.51. The molecule has 2 aromatic rings. The number of rotatable bonds is 8. The highest BCUT2D eigenvalue weighted by molar-refractivity contribution is 5.79. The summed E-state index contributed by atoms with van der Waals surface area (Å²) in [6.07, 6.45) is 4.37. The summed E-state index contributed by atoms with van der Waals surface area (Å²) >= 11 is 0. The molecule has 158 valence electrons. The van der Waals surface area contributed by atoms with Crippen LogP contribution in [0.2, 0.25) is 0 Å². The van der Waals surface area contributed by atoms with E-state index < -0.39 is 18.2 Å².